The number of halogens is 1. The quantitative estimate of drug-likeness (QED) is 0.841. The Morgan fingerprint density at radius 2 is 1.88 bits per heavy atom. The van der Waals surface area contributed by atoms with E-state index in [1.165, 1.54) is 16.4 Å². The summed E-state index contributed by atoms with van der Waals surface area (Å²) in [4.78, 5) is -0.00748. The molecule has 2 fully saturated rings. The number of aliphatic hydroxyl groups excluding tert-OH is 1. The van der Waals surface area contributed by atoms with Crippen molar-refractivity contribution in [1.29, 1.82) is 0 Å². The van der Waals surface area contributed by atoms with Gasteiger partial charge in [-0.2, -0.15) is 4.31 Å². The maximum Gasteiger partial charge on any atom is 0.244 e. The number of hydrogen-bond acceptors (Lipinski definition) is 6. The Morgan fingerprint density at radius 3 is 2.50 bits per heavy atom. The number of aliphatic hydroxyl groups is 1. The molecule has 1 N–H and O–H groups in total. The number of tetrazole rings is 1. The number of hydrogen-bond donors (Lipinski definition) is 1. The van der Waals surface area contributed by atoms with Gasteiger partial charge in [0.1, 0.15) is 5.82 Å². The fraction of sp³-hybridized carbons (Fsp3) is 0.562. The minimum absolute atomic E-state index is 0.00748. The van der Waals surface area contributed by atoms with Gasteiger partial charge in [0.25, 0.3) is 0 Å². The third-order valence-electron chi connectivity index (χ3n) is 5.28. The van der Waals surface area contributed by atoms with Crippen LogP contribution in [0, 0.1) is 5.82 Å². The third kappa shape index (κ3) is 2.81. The smallest absolute Gasteiger partial charge is 0.244 e. The molecule has 1 aliphatic carbocycles. The predicted molar refractivity (Wildman–Crippen MR) is 89.0 cm³/mol. The first kappa shape index (κ1) is 17.5. The van der Waals surface area contributed by atoms with Crippen LogP contribution in [-0.4, -0.2) is 50.7 Å². The topological polar surface area (TPSA) is 101 Å². The molecule has 2 heterocycles. The van der Waals surface area contributed by atoms with Crippen LogP contribution in [0.4, 0.5) is 4.39 Å². The van der Waals surface area contributed by atoms with Crippen LogP contribution in [-0.2, 0) is 10.0 Å². The largest absolute Gasteiger partial charge is 0.395 e. The molecule has 2 aromatic rings. The summed E-state index contributed by atoms with van der Waals surface area (Å²) < 4.78 is 42.6. The monoisotopic (exact) mass is 381 g/mol. The summed E-state index contributed by atoms with van der Waals surface area (Å²) >= 11 is 0. The third-order valence-corrected chi connectivity index (χ3v) is 7.25. The Balaban J connectivity index is 1.73. The zero-order valence-electron chi connectivity index (χ0n) is 14.1. The molecule has 1 saturated heterocycles. The molecule has 1 saturated carbocycles. The second-order valence-electron chi connectivity index (χ2n) is 6.78. The molecule has 0 unspecified atom stereocenters. The van der Waals surface area contributed by atoms with Crippen LogP contribution >= 0.6 is 0 Å². The van der Waals surface area contributed by atoms with E-state index in [2.05, 4.69) is 15.5 Å². The Morgan fingerprint density at radius 1 is 1.15 bits per heavy atom. The van der Waals surface area contributed by atoms with Crippen LogP contribution in [0.25, 0.3) is 0 Å². The first-order valence-corrected chi connectivity index (χ1v) is 10.1. The average molecular weight is 381 g/mol. The fourth-order valence-corrected chi connectivity index (χ4v) is 5.50. The molecule has 0 amide bonds. The van der Waals surface area contributed by atoms with E-state index >= 15 is 0 Å². The molecular weight excluding hydrogens is 361 g/mol. The Kier molecular flexibility index (Phi) is 4.49. The van der Waals surface area contributed by atoms with E-state index in [4.69, 9.17) is 0 Å². The van der Waals surface area contributed by atoms with Crippen molar-refractivity contribution in [3.8, 4) is 0 Å². The van der Waals surface area contributed by atoms with Crippen molar-refractivity contribution in [2.45, 2.75) is 55.1 Å². The summed E-state index contributed by atoms with van der Waals surface area (Å²) in [5.74, 6) is 0.00546. The Hall–Kier alpha value is -1.91. The molecule has 140 valence electrons. The van der Waals surface area contributed by atoms with E-state index in [1.54, 1.807) is 4.68 Å². The maximum absolute atomic E-state index is 13.2. The summed E-state index contributed by atoms with van der Waals surface area (Å²) in [6.45, 7) is -0.290. The standard InChI is InChI=1S/C16H20FN5O3S/c17-11-4-7-14(8-5-11)26(24,25)22-13(10-23)6-9-15(22)16-18-19-20-21(16)12-2-1-3-12/h4-5,7-8,12-13,15,23H,1-3,6,9-10H2/t13-,15-/m0/s1. The summed E-state index contributed by atoms with van der Waals surface area (Å²) in [6.07, 6.45) is 4.08. The SMILES string of the molecule is O=S(=O)(c1ccc(F)cc1)N1[C@H](CO)CC[C@H]1c1nnnn1C1CCC1. The molecule has 2 aliphatic rings. The van der Waals surface area contributed by atoms with Crippen molar-refractivity contribution < 1.29 is 17.9 Å². The number of benzene rings is 1. The van der Waals surface area contributed by atoms with Crippen molar-refractivity contribution in [2.75, 3.05) is 6.61 Å². The highest BCUT2D eigenvalue weighted by Crippen LogP contribution is 2.41. The normalized spacial score (nSPS) is 24.7. The maximum atomic E-state index is 13.2. The summed E-state index contributed by atoms with van der Waals surface area (Å²) in [7, 11) is -3.93. The van der Waals surface area contributed by atoms with Crippen molar-refractivity contribution in [2.24, 2.45) is 0 Å². The first-order chi connectivity index (χ1) is 12.5. The molecule has 2 atom stereocenters. The van der Waals surface area contributed by atoms with Crippen molar-refractivity contribution in [3.63, 3.8) is 0 Å². The zero-order chi connectivity index (χ0) is 18.3. The first-order valence-electron chi connectivity index (χ1n) is 8.70. The van der Waals surface area contributed by atoms with Crippen LogP contribution in [0.15, 0.2) is 29.2 Å². The van der Waals surface area contributed by atoms with E-state index in [9.17, 15) is 17.9 Å². The Labute approximate surface area is 150 Å². The van der Waals surface area contributed by atoms with Gasteiger partial charge in [0, 0.05) is 6.04 Å². The molecule has 1 aromatic heterocycles. The van der Waals surface area contributed by atoms with E-state index in [-0.39, 0.29) is 17.5 Å². The molecule has 10 heteroatoms. The van der Waals surface area contributed by atoms with Gasteiger partial charge in [-0.1, -0.05) is 0 Å². The fourth-order valence-electron chi connectivity index (χ4n) is 3.68. The number of sulfonamides is 1. The lowest BCUT2D eigenvalue weighted by molar-refractivity contribution is 0.189. The van der Waals surface area contributed by atoms with E-state index in [1.807, 2.05) is 0 Å². The molecule has 4 rings (SSSR count). The molecule has 26 heavy (non-hydrogen) atoms. The van der Waals surface area contributed by atoms with Crippen LogP contribution in [0.2, 0.25) is 0 Å². The lowest BCUT2D eigenvalue weighted by Gasteiger charge is -2.31. The van der Waals surface area contributed by atoms with Crippen molar-refractivity contribution >= 4 is 10.0 Å². The minimum atomic E-state index is -3.93. The summed E-state index contributed by atoms with van der Waals surface area (Å²) in [6, 6.07) is 3.81. The van der Waals surface area contributed by atoms with Crippen LogP contribution in [0.3, 0.4) is 0 Å². The number of aromatic nitrogens is 4. The van der Waals surface area contributed by atoms with Gasteiger partial charge in [0.2, 0.25) is 10.0 Å². The summed E-state index contributed by atoms with van der Waals surface area (Å²) in [5.41, 5.74) is 0. The molecule has 0 spiro atoms. The minimum Gasteiger partial charge on any atom is -0.395 e. The van der Waals surface area contributed by atoms with Gasteiger partial charge in [0.15, 0.2) is 5.82 Å². The highest BCUT2D eigenvalue weighted by molar-refractivity contribution is 7.89. The summed E-state index contributed by atoms with van der Waals surface area (Å²) in [5, 5.41) is 21.6. The molecule has 0 bridgehead atoms. The highest BCUT2D eigenvalue weighted by atomic mass is 32.2. The van der Waals surface area contributed by atoms with E-state index in [0.717, 1.165) is 31.4 Å². The predicted octanol–water partition coefficient (Wildman–Crippen LogP) is 1.42. The lowest BCUT2D eigenvalue weighted by atomic mass is 9.93. The average Bonchev–Trinajstić information content (AvgIpc) is 3.20. The molecular formula is C16H20FN5O3S. The van der Waals surface area contributed by atoms with Crippen LogP contribution in [0.5, 0.6) is 0 Å². The molecule has 1 aliphatic heterocycles. The van der Waals surface area contributed by atoms with Gasteiger partial charge in [-0.15, -0.1) is 5.10 Å². The van der Waals surface area contributed by atoms with Crippen molar-refractivity contribution in [3.05, 3.63) is 35.9 Å². The zero-order valence-corrected chi connectivity index (χ0v) is 14.9. The van der Waals surface area contributed by atoms with Gasteiger partial charge in [0.05, 0.1) is 23.6 Å². The highest BCUT2D eigenvalue weighted by Gasteiger charge is 2.45. The van der Waals surface area contributed by atoms with Gasteiger partial charge >= 0.3 is 0 Å². The van der Waals surface area contributed by atoms with Gasteiger partial charge < -0.3 is 5.11 Å². The number of rotatable bonds is 5. The van der Waals surface area contributed by atoms with Gasteiger partial charge in [-0.3, -0.25) is 0 Å². The second kappa shape index (κ2) is 6.67. The second-order valence-corrected chi connectivity index (χ2v) is 8.63. The van der Waals surface area contributed by atoms with Crippen molar-refractivity contribution in [1.82, 2.24) is 24.5 Å². The van der Waals surface area contributed by atoms with Crippen LogP contribution in [0.1, 0.15) is 50.0 Å². The number of nitrogens with zero attached hydrogens (tertiary/aromatic N) is 5. The van der Waals surface area contributed by atoms with Gasteiger partial charge in [-0.05, 0) is 66.8 Å². The van der Waals surface area contributed by atoms with Crippen LogP contribution < -0.4 is 0 Å². The Bertz CT molecular complexity index is 882. The molecule has 0 radical (unpaired) electrons. The lowest BCUT2D eigenvalue weighted by Crippen LogP contribution is -2.40. The molecule has 1 aromatic carbocycles. The molecule has 8 nitrogen and oxygen atoms in total. The van der Waals surface area contributed by atoms with E-state index in [0.29, 0.717) is 18.7 Å². The van der Waals surface area contributed by atoms with Gasteiger partial charge in [-0.25, -0.2) is 17.5 Å². The van der Waals surface area contributed by atoms with E-state index < -0.39 is 27.9 Å².